The van der Waals surface area contributed by atoms with Crippen molar-refractivity contribution in [3.05, 3.63) is 29.8 Å². The number of hydrogen-bond acceptors (Lipinski definition) is 5. The summed E-state index contributed by atoms with van der Waals surface area (Å²) in [6.07, 6.45) is 1.80. The molecule has 10 heteroatoms. The Morgan fingerprint density at radius 1 is 1.20 bits per heavy atom. The average Bonchev–Trinajstić information content (AvgIpc) is 3.19. The van der Waals surface area contributed by atoms with Crippen molar-refractivity contribution >= 4 is 23.6 Å². The Morgan fingerprint density at radius 2 is 1.83 bits per heavy atom. The molecule has 0 aromatic heterocycles. The molecule has 3 N–H and O–H groups in total. The molecular weight excluding hydrogens is 417 g/mol. The van der Waals surface area contributed by atoms with E-state index in [1.54, 1.807) is 12.1 Å². The maximum absolute atomic E-state index is 12.9. The van der Waals surface area contributed by atoms with Gasteiger partial charge in [0.15, 0.2) is 0 Å². The zero-order valence-electron chi connectivity index (χ0n) is 17.0. The third-order valence-corrected chi connectivity index (χ3v) is 6.05. The molecule has 2 amide bonds. The number of nitrogens with zero attached hydrogens (tertiary/aromatic N) is 1. The van der Waals surface area contributed by atoms with Gasteiger partial charge in [-0.2, -0.15) is 13.2 Å². The summed E-state index contributed by atoms with van der Waals surface area (Å²) < 4.78 is 37.6. The van der Waals surface area contributed by atoms with Gasteiger partial charge in [-0.15, -0.1) is 0 Å². The van der Waals surface area contributed by atoms with E-state index in [9.17, 15) is 22.8 Å². The van der Waals surface area contributed by atoms with Gasteiger partial charge >= 0.3 is 5.51 Å². The second-order valence-electron chi connectivity index (χ2n) is 7.98. The van der Waals surface area contributed by atoms with Crippen LogP contribution in [0.5, 0.6) is 0 Å². The van der Waals surface area contributed by atoms with Crippen molar-refractivity contribution in [3.8, 4) is 0 Å². The molecule has 0 radical (unpaired) electrons. The van der Waals surface area contributed by atoms with Gasteiger partial charge in [-0.1, -0.05) is 26.0 Å². The molecule has 0 saturated carbocycles. The smallest absolute Gasteiger partial charge is 0.348 e. The summed E-state index contributed by atoms with van der Waals surface area (Å²) in [5, 5.41) is 9.06. The van der Waals surface area contributed by atoms with E-state index in [2.05, 4.69) is 20.9 Å². The molecule has 2 heterocycles. The van der Waals surface area contributed by atoms with Gasteiger partial charge in [0, 0.05) is 18.0 Å². The Morgan fingerprint density at radius 3 is 2.40 bits per heavy atom. The van der Waals surface area contributed by atoms with E-state index in [1.807, 2.05) is 13.8 Å². The number of halogens is 3. The van der Waals surface area contributed by atoms with Crippen molar-refractivity contribution < 1.29 is 22.8 Å². The van der Waals surface area contributed by atoms with E-state index < -0.39 is 11.6 Å². The van der Waals surface area contributed by atoms with Gasteiger partial charge in [-0.05, 0) is 48.2 Å². The monoisotopic (exact) mass is 444 g/mol. The first kappa shape index (κ1) is 22.9. The molecule has 2 fully saturated rings. The summed E-state index contributed by atoms with van der Waals surface area (Å²) in [6, 6.07) is 4.99. The molecule has 6 nitrogen and oxygen atoms in total. The number of thioether (sulfide) groups is 1. The molecule has 30 heavy (non-hydrogen) atoms. The van der Waals surface area contributed by atoms with Gasteiger partial charge in [0.05, 0.1) is 18.5 Å². The van der Waals surface area contributed by atoms with Gasteiger partial charge < -0.3 is 10.6 Å². The number of carbonyl (C=O) groups excluding carboxylic acids is 2. The van der Waals surface area contributed by atoms with E-state index >= 15 is 0 Å². The minimum Gasteiger partial charge on any atom is -0.348 e. The highest BCUT2D eigenvalue weighted by atomic mass is 32.2. The van der Waals surface area contributed by atoms with Crippen molar-refractivity contribution in [2.24, 2.45) is 5.92 Å². The van der Waals surface area contributed by atoms with Gasteiger partial charge in [-0.3, -0.25) is 19.8 Å². The maximum Gasteiger partial charge on any atom is 0.446 e. The van der Waals surface area contributed by atoms with E-state index in [-0.39, 0.29) is 53.1 Å². The molecule has 0 bridgehead atoms. The zero-order valence-corrected chi connectivity index (χ0v) is 17.8. The summed E-state index contributed by atoms with van der Waals surface area (Å²) >= 11 is -0.168. The van der Waals surface area contributed by atoms with Crippen LogP contribution in [0.3, 0.4) is 0 Å². The molecule has 3 atom stereocenters. The van der Waals surface area contributed by atoms with Crippen molar-refractivity contribution in [1.82, 2.24) is 20.9 Å². The number of benzene rings is 1. The molecule has 2 saturated heterocycles. The first-order valence-corrected chi connectivity index (χ1v) is 10.9. The van der Waals surface area contributed by atoms with Crippen molar-refractivity contribution in [2.75, 3.05) is 13.1 Å². The van der Waals surface area contributed by atoms with E-state index in [1.165, 1.54) is 12.1 Å². The highest BCUT2D eigenvalue weighted by Gasteiger charge is 2.35. The molecule has 166 valence electrons. The minimum atomic E-state index is -4.34. The maximum atomic E-state index is 12.9. The molecule has 0 spiro atoms. The fraction of sp³-hybridized carbons (Fsp3) is 0.600. The second kappa shape index (κ2) is 9.57. The third kappa shape index (κ3) is 6.12. The number of likely N-dealkylation sites (tertiary alicyclic amines) is 1. The van der Waals surface area contributed by atoms with Crippen molar-refractivity contribution in [3.63, 3.8) is 0 Å². The number of nitrogens with one attached hydrogen (secondary N) is 3. The highest BCUT2D eigenvalue weighted by Crippen LogP contribution is 2.37. The Hall–Kier alpha value is -1.78. The van der Waals surface area contributed by atoms with Gasteiger partial charge in [0.25, 0.3) is 0 Å². The SMILES string of the molecule is CC(C)[C@@H](NC(=O)C1CC(=O)NC(N2CCCC2)N1)c1ccc(SC(F)(F)F)cc1. The largest absolute Gasteiger partial charge is 0.446 e. The topological polar surface area (TPSA) is 73.5 Å². The zero-order chi connectivity index (χ0) is 21.9. The lowest BCUT2D eigenvalue weighted by atomic mass is 9.95. The first-order valence-electron chi connectivity index (χ1n) is 10.1. The van der Waals surface area contributed by atoms with Crippen LogP contribution in [-0.2, 0) is 9.59 Å². The van der Waals surface area contributed by atoms with E-state index in [4.69, 9.17) is 0 Å². The van der Waals surface area contributed by atoms with Crippen molar-refractivity contribution in [2.45, 2.75) is 61.9 Å². The van der Waals surface area contributed by atoms with Crippen LogP contribution < -0.4 is 16.0 Å². The quantitative estimate of drug-likeness (QED) is 0.589. The van der Waals surface area contributed by atoms with Crippen molar-refractivity contribution in [1.29, 1.82) is 0 Å². The highest BCUT2D eigenvalue weighted by molar-refractivity contribution is 8.00. The lowest BCUT2D eigenvalue weighted by Crippen LogP contribution is -2.66. The molecule has 2 unspecified atom stereocenters. The van der Waals surface area contributed by atoms with Crippen LogP contribution in [0.25, 0.3) is 0 Å². The van der Waals surface area contributed by atoms with Gasteiger partial charge in [0.2, 0.25) is 11.8 Å². The number of alkyl halides is 3. The van der Waals surface area contributed by atoms with E-state index in [0.29, 0.717) is 0 Å². The minimum absolute atomic E-state index is 0.0156. The standard InChI is InChI=1S/C20H27F3N4O2S/c1-12(2)17(13-5-7-14(8-6-13)30-20(21,22)23)26-18(29)15-11-16(28)25-19(24-15)27-9-3-4-10-27/h5-8,12,15,17,19,24H,3-4,9-11H2,1-2H3,(H,25,28)(H,26,29)/t15?,17-,19?/m1/s1. The van der Waals surface area contributed by atoms with Crippen LogP contribution in [0.1, 0.15) is 44.7 Å². The van der Waals surface area contributed by atoms with Crippen LogP contribution in [0.2, 0.25) is 0 Å². The summed E-state index contributed by atoms with van der Waals surface area (Å²) in [6.45, 7) is 5.58. The first-order chi connectivity index (χ1) is 14.1. The Labute approximate surface area is 178 Å². The molecule has 0 aliphatic carbocycles. The Kier molecular flexibility index (Phi) is 7.30. The van der Waals surface area contributed by atoms with Gasteiger partial charge in [-0.25, -0.2) is 0 Å². The fourth-order valence-electron chi connectivity index (χ4n) is 3.82. The number of carbonyl (C=O) groups is 2. The molecule has 1 aromatic rings. The van der Waals surface area contributed by atoms with E-state index in [0.717, 1.165) is 31.5 Å². The normalized spacial score (nSPS) is 24.0. The number of rotatable bonds is 6. The number of hydrogen-bond donors (Lipinski definition) is 3. The summed E-state index contributed by atoms with van der Waals surface area (Å²) in [4.78, 5) is 27.3. The predicted octanol–water partition coefficient (Wildman–Crippen LogP) is 2.97. The van der Waals surface area contributed by atoms with Gasteiger partial charge in [0.1, 0.15) is 6.29 Å². The Bertz CT molecular complexity index is 751. The second-order valence-corrected chi connectivity index (χ2v) is 9.12. The summed E-state index contributed by atoms with van der Waals surface area (Å²) in [5.74, 6) is -0.455. The molecular formula is C20H27F3N4O2S. The Balaban J connectivity index is 1.66. The lowest BCUT2D eigenvalue weighted by molar-refractivity contribution is -0.134. The molecule has 3 rings (SSSR count). The molecule has 2 aliphatic rings. The van der Waals surface area contributed by atoms with Crippen LogP contribution in [0, 0.1) is 5.92 Å². The fourth-order valence-corrected chi connectivity index (χ4v) is 4.36. The summed E-state index contributed by atoms with van der Waals surface area (Å²) in [7, 11) is 0. The summed E-state index contributed by atoms with van der Waals surface area (Å²) in [5.41, 5.74) is -3.62. The van der Waals surface area contributed by atoms with Crippen LogP contribution in [0.15, 0.2) is 29.2 Å². The molecule has 1 aromatic carbocycles. The number of amides is 2. The predicted molar refractivity (Wildman–Crippen MR) is 108 cm³/mol. The van der Waals surface area contributed by atoms with Crippen LogP contribution in [0.4, 0.5) is 13.2 Å². The van der Waals surface area contributed by atoms with Crippen LogP contribution >= 0.6 is 11.8 Å². The average molecular weight is 445 g/mol. The lowest BCUT2D eigenvalue weighted by Gasteiger charge is -2.37. The third-order valence-electron chi connectivity index (χ3n) is 5.31. The molecule has 2 aliphatic heterocycles. The van der Waals surface area contributed by atoms with Crippen LogP contribution in [-0.4, -0.2) is 47.6 Å².